The zero-order valence-corrected chi connectivity index (χ0v) is 10.9. The number of carbonyl (C=O) groups excluding carboxylic acids is 1. The van der Waals surface area contributed by atoms with Crippen LogP contribution in [-0.2, 0) is 6.54 Å². The quantitative estimate of drug-likeness (QED) is 0.851. The van der Waals surface area contributed by atoms with Crippen LogP contribution < -0.4 is 0 Å². The van der Waals surface area contributed by atoms with Gasteiger partial charge in [0.15, 0.2) is 0 Å². The topological polar surface area (TPSA) is 46.3 Å². The summed E-state index contributed by atoms with van der Waals surface area (Å²) in [5.74, 6) is 0.294. The fraction of sp³-hybridized carbons (Fsp3) is 0.385. The molecule has 4 nitrogen and oxygen atoms in total. The van der Waals surface area contributed by atoms with E-state index in [9.17, 15) is 4.79 Å². The van der Waals surface area contributed by atoms with Gasteiger partial charge in [-0.15, -0.1) is 11.3 Å². The Hall–Kier alpha value is -1.62. The first-order chi connectivity index (χ1) is 8.74. The molecule has 18 heavy (non-hydrogen) atoms. The maximum atomic E-state index is 12.4. The van der Waals surface area contributed by atoms with Gasteiger partial charge in [0, 0.05) is 17.0 Å². The predicted molar refractivity (Wildman–Crippen MR) is 68.5 cm³/mol. The highest BCUT2D eigenvalue weighted by atomic mass is 32.1. The van der Waals surface area contributed by atoms with Crippen LogP contribution in [0.3, 0.4) is 0 Å². The van der Waals surface area contributed by atoms with E-state index in [1.165, 1.54) is 4.88 Å². The minimum atomic E-state index is -0.0495. The van der Waals surface area contributed by atoms with E-state index in [4.69, 9.17) is 4.52 Å². The van der Waals surface area contributed by atoms with Gasteiger partial charge in [-0.2, -0.15) is 0 Å². The molecular formula is C13H14N2O2S. The summed E-state index contributed by atoms with van der Waals surface area (Å²) in [5.41, 5.74) is 0.741. The van der Waals surface area contributed by atoms with Gasteiger partial charge in [-0.25, -0.2) is 0 Å². The number of amides is 1. The molecule has 2 heterocycles. The second-order valence-corrected chi connectivity index (χ2v) is 5.61. The summed E-state index contributed by atoms with van der Waals surface area (Å²) in [6.45, 7) is 2.49. The number of nitrogens with zero attached hydrogens (tertiary/aromatic N) is 2. The molecule has 1 aliphatic carbocycles. The van der Waals surface area contributed by atoms with Crippen molar-refractivity contribution in [2.75, 3.05) is 0 Å². The SMILES string of the molecule is Cc1cc(C(=O)N(Cc2cccs2)C2CC2)on1. The van der Waals surface area contributed by atoms with Crippen LogP contribution in [0.5, 0.6) is 0 Å². The fourth-order valence-electron chi connectivity index (χ4n) is 1.93. The second kappa shape index (κ2) is 4.57. The summed E-state index contributed by atoms with van der Waals surface area (Å²) in [6.07, 6.45) is 2.18. The summed E-state index contributed by atoms with van der Waals surface area (Å²) < 4.78 is 5.07. The normalized spacial score (nSPS) is 14.7. The third-order valence-electron chi connectivity index (χ3n) is 2.99. The lowest BCUT2D eigenvalue weighted by molar-refractivity contribution is 0.0689. The second-order valence-electron chi connectivity index (χ2n) is 4.58. The Morgan fingerprint density at radius 1 is 1.61 bits per heavy atom. The average molecular weight is 262 g/mol. The highest BCUT2D eigenvalue weighted by molar-refractivity contribution is 7.09. The van der Waals surface area contributed by atoms with E-state index in [1.54, 1.807) is 17.4 Å². The smallest absolute Gasteiger partial charge is 0.293 e. The van der Waals surface area contributed by atoms with Crippen molar-refractivity contribution in [1.29, 1.82) is 0 Å². The van der Waals surface area contributed by atoms with Gasteiger partial charge in [0.2, 0.25) is 5.76 Å². The molecule has 0 aliphatic heterocycles. The molecular weight excluding hydrogens is 248 g/mol. The minimum Gasteiger partial charge on any atom is -0.351 e. The molecule has 1 fully saturated rings. The maximum Gasteiger partial charge on any atom is 0.293 e. The van der Waals surface area contributed by atoms with Crippen LogP contribution in [0, 0.1) is 6.92 Å². The number of carbonyl (C=O) groups is 1. The van der Waals surface area contributed by atoms with Gasteiger partial charge in [-0.1, -0.05) is 11.2 Å². The number of aryl methyl sites for hydroxylation is 1. The van der Waals surface area contributed by atoms with Crippen molar-refractivity contribution in [1.82, 2.24) is 10.1 Å². The van der Waals surface area contributed by atoms with Crippen LogP contribution in [-0.4, -0.2) is 22.0 Å². The van der Waals surface area contributed by atoms with Gasteiger partial charge in [-0.05, 0) is 31.2 Å². The standard InChI is InChI=1S/C13H14N2O2S/c1-9-7-12(17-14-9)13(16)15(10-4-5-10)8-11-3-2-6-18-11/h2-3,6-7,10H,4-5,8H2,1H3. The molecule has 0 aromatic carbocycles. The first kappa shape index (κ1) is 11.5. The Labute approximate surface area is 109 Å². The van der Waals surface area contributed by atoms with Gasteiger partial charge in [0.05, 0.1) is 12.2 Å². The van der Waals surface area contributed by atoms with Crippen LogP contribution in [0.15, 0.2) is 28.1 Å². The van der Waals surface area contributed by atoms with Gasteiger partial charge in [0.25, 0.3) is 5.91 Å². The molecule has 0 N–H and O–H groups in total. The zero-order chi connectivity index (χ0) is 12.5. The lowest BCUT2D eigenvalue weighted by Gasteiger charge is -2.20. The lowest BCUT2D eigenvalue weighted by atomic mass is 10.3. The predicted octanol–water partition coefficient (Wildman–Crippen LogP) is 2.85. The number of thiophene rings is 1. The molecule has 0 unspecified atom stereocenters. The van der Waals surface area contributed by atoms with E-state index in [2.05, 4.69) is 11.2 Å². The van der Waals surface area contributed by atoms with Crippen molar-refractivity contribution in [2.24, 2.45) is 0 Å². The number of rotatable bonds is 4. The molecule has 5 heteroatoms. The average Bonchev–Trinajstić information content (AvgIpc) is 2.88. The summed E-state index contributed by atoms with van der Waals surface area (Å²) in [4.78, 5) is 15.5. The molecule has 0 saturated heterocycles. The van der Waals surface area contributed by atoms with E-state index in [1.807, 2.05) is 23.3 Å². The van der Waals surface area contributed by atoms with E-state index < -0.39 is 0 Å². The first-order valence-electron chi connectivity index (χ1n) is 6.01. The number of aromatic nitrogens is 1. The summed E-state index contributed by atoms with van der Waals surface area (Å²) in [6, 6.07) is 6.13. The molecule has 1 aliphatic rings. The Kier molecular flexibility index (Phi) is 2.91. The molecule has 0 spiro atoms. The first-order valence-corrected chi connectivity index (χ1v) is 6.88. The van der Waals surface area contributed by atoms with Crippen molar-refractivity contribution in [3.8, 4) is 0 Å². The molecule has 0 bridgehead atoms. The summed E-state index contributed by atoms with van der Waals surface area (Å²) in [7, 11) is 0. The van der Waals surface area contributed by atoms with Crippen LogP contribution in [0.25, 0.3) is 0 Å². The number of hydrogen-bond acceptors (Lipinski definition) is 4. The van der Waals surface area contributed by atoms with E-state index in [0.29, 0.717) is 18.3 Å². The van der Waals surface area contributed by atoms with Gasteiger partial charge in [-0.3, -0.25) is 4.79 Å². The summed E-state index contributed by atoms with van der Waals surface area (Å²) >= 11 is 1.67. The Bertz CT molecular complexity index is 543. The Morgan fingerprint density at radius 2 is 2.44 bits per heavy atom. The van der Waals surface area contributed by atoms with Crippen molar-refractivity contribution < 1.29 is 9.32 Å². The van der Waals surface area contributed by atoms with Crippen molar-refractivity contribution >= 4 is 17.2 Å². The molecule has 2 aromatic heterocycles. The monoisotopic (exact) mass is 262 g/mol. The molecule has 94 valence electrons. The summed E-state index contributed by atoms with van der Waals surface area (Å²) in [5, 5.41) is 5.81. The van der Waals surface area contributed by atoms with Gasteiger partial charge in [0.1, 0.15) is 0 Å². The van der Waals surface area contributed by atoms with Gasteiger partial charge < -0.3 is 9.42 Å². The molecule has 2 aromatic rings. The van der Waals surface area contributed by atoms with Crippen LogP contribution in [0.4, 0.5) is 0 Å². The largest absolute Gasteiger partial charge is 0.351 e. The van der Waals surface area contributed by atoms with Crippen molar-refractivity contribution in [2.45, 2.75) is 32.4 Å². The highest BCUT2D eigenvalue weighted by Crippen LogP contribution is 2.30. The molecule has 1 saturated carbocycles. The Morgan fingerprint density at radius 3 is 3.00 bits per heavy atom. The van der Waals surface area contributed by atoms with Crippen LogP contribution in [0.1, 0.15) is 34.0 Å². The third kappa shape index (κ3) is 2.31. The van der Waals surface area contributed by atoms with E-state index in [0.717, 1.165) is 18.5 Å². The van der Waals surface area contributed by atoms with E-state index >= 15 is 0 Å². The lowest BCUT2D eigenvalue weighted by Crippen LogP contribution is -2.32. The van der Waals surface area contributed by atoms with Crippen molar-refractivity contribution in [3.05, 3.63) is 39.9 Å². The number of hydrogen-bond donors (Lipinski definition) is 0. The van der Waals surface area contributed by atoms with Crippen LogP contribution in [0.2, 0.25) is 0 Å². The van der Waals surface area contributed by atoms with Gasteiger partial charge >= 0.3 is 0 Å². The zero-order valence-electron chi connectivity index (χ0n) is 10.1. The maximum absolute atomic E-state index is 12.4. The molecule has 0 radical (unpaired) electrons. The Balaban J connectivity index is 1.79. The molecule has 3 rings (SSSR count). The molecule has 1 amide bonds. The van der Waals surface area contributed by atoms with E-state index in [-0.39, 0.29) is 5.91 Å². The third-order valence-corrected chi connectivity index (χ3v) is 3.85. The fourth-order valence-corrected chi connectivity index (χ4v) is 2.63. The molecule has 0 atom stereocenters. The van der Waals surface area contributed by atoms with Crippen LogP contribution >= 0.6 is 11.3 Å². The van der Waals surface area contributed by atoms with Crippen molar-refractivity contribution in [3.63, 3.8) is 0 Å². The highest BCUT2D eigenvalue weighted by Gasteiger charge is 2.34. The minimum absolute atomic E-state index is 0.0495.